The van der Waals surface area contributed by atoms with Crippen molar-refractivity contribution in [3.63, 3.8) is 0 Å². The third kappa shape index (κ3) is 2.87. The first-order valence-electron chi connectivity index (χ1n) is 8.39. The van der Waals surface area contributed by atoms with Crippen molar-refractivity contribution in [1.82, 2.24) is 9.34 Å². The topological polar surface area (TPSA) is 75.5 Å². The summed E-state index contributed by atoms with van der Waals surface area (Å²) in [4.78, 5) is 10.9. The van der Waals surface area contributed by atoms with Gasteiger partial charge in [-0.2, -0.15) is 0 Å². The zero-order valence-corrected chi connectivity index (χ0v) is 15.1. The van der Waals surface area contributed by atoms with Gasteiger partial charge in [-0.3, -0.25) is 19.2 Å². The SMILES string of the molecule is CC(OP(=O)(N1CC1)N1CC1C)c1ccc([N+](=O)[O-])c2ccccc12. The van der Waals surface area contributed by atoms with E-state index >= 15 is 0 Å². The molecule has 132 valence electrons. The molecule has 2 aromatic carbocycles. The highest BCUT2D eigenvalue weighted by molar-refractivity contribution is 7.54. The van der Waals surface area contributed by atoms with Crippen molar-refractivity contribution >= 4 is 24.1 Å². The first-order chi connectivity index (χ1) is 11.9. The fourth-order valence-corrected chi connectivity index (χ4v) is 5.89. The van der Waals surface area contributed by atoms with Crippen molar-refractivity contribution in [3.8, 4) is 0 Å². The van der Waals surface area contributed by atoms with Crippen LogP contribution in [-0.2, 0) is 9.09 Å². The number of benzene rings is 2. The summed E-state index contributed by atoms with van der Waals surface area (Å²) < 4.78 is 23.2. The molecular weight excluding hydrogens is 341 g/mol. The van der Waals surface area contributed by atoms with Gasteiger partial charge in [0.25, 0.3) is 5.69 Å². The highest BCUT2D eigenvalue weighted by atomic mass is 31.2. The molecule has 0 spiro atoms. The third-order valence-electron chi connectivity index (χ3n) is 4.80. The number of hydrogen-bond donors (Lipinski definition) is 0. The Hall–Kier alpha value is -1.79. The van der Waals surface area contributed by atoms with Crippen LogP contribution in [-0.4, -0.2) is 39.9 Å². The van der Waals surface area contributed by atoms with Crippen LogP contribution in [0.2, 0.25) is 0 Å². The number of non-ortho nitro benzene ring substituents is 1. The summed E-state index contributed by atoms with van der Waals surface area (Å²) in [5.74, 6) is 0. The Balaban J connectivity index is 1.71. The number of nitro benzene ring substituents is 1. The molecular formula is C17H20N3O4P. The lowest BCUT2D eigenvalue weighted by molar-refractivity contribution is -0.383. The molecule has 25 heavy (non-hydrogen) atoms. The standard InChI is InChI=1S/C17H20N3O4P/c1-12-11-19(12)25(23,18-9-10-18)24-13(2)14-7-8-17(20(21)22)16-6-4-3-5-15(14)16/h3-8,12-13H,9-11H2,1-2H3. The van der Waals surface area contributed by atoms with Crippen molar-refractivity contribution < 1.29 is 14.0 Å². The van der Waals surface area contributed by atoms with Crippen LogP contribution in [0, 0.1) is 10.1 Å². The molecule has 2 fully saturated rings. The van der Waals surface area contributed by atoms with E-state index in [1.165, 1.54) is 6.07 Å². The average molecular weight is 361 g/mol. The summed E-state index contributed by atoms with van der Waals surface area (Å²) in [5.41, 5.74) is 0.887. The van der Waals surface area contributed by atoms with Gasteiger partial charge in [0, 0.05) is 31.7 Å². The van der Waals surface area contributed by atoms with Gasteiger partial charge in [-0.15, -0.1) is 0 Å². The van der Waals surface area contributed by atoms with Crippen LogP contribution in [0.5, 0.6) is 0 Å². The molecule has 2 aromatic rings. The maximum atomic E-state index is 13.4. The Kier molecular flexibility index (Phi) is 3.92. The molecule has 0 N–H and O–H groups in total. The zero-order chi connectivity index (χ0) is 17.8. The summed E-state index contributed by atoms with van der Waals surface area (Å²) in [6.07, 6.45) is -0.426. The Morgan fingerprint density at radius 1 is 1.24 bits per heavy atom. The Morgan fingerprint density at radius 3 is 2.44 bits per heavy atom. The van der Waals surface area contributed by atoms with E-state index in [0.717, 1.165) is 30.6 Å². The Morgan fingerprint density at radius 2 is 1.88 bits per heavy atom. The molecule has 4 unspecified atom stereocenters. The van der Waals surface area contributed by atoms with E-state index in [0.29, 0.717) is 5.39 Å². The Labute approximate surface area is 145 Å². The number of nitro groups is 1. The molecule has 8 heteroatoms. The summed E-state index contributed by atoms with van der Waals surface area (Å²) >= 11 is 0. The summed E-state index contributed by atoms with van der Waals surface area (Å²) in [6.45, 7) is 6.24. The molecule has 4 atom stereocenters. The lowest BCUT2D eigenvalue weighted by Gasteiger charge is -2.25. The normalized spacial score (nSPS) is 26.2. The second-order valence-corrected chi connectivity index (χ2v) is 8.91. The number of nitrogens with zero attached hydrogens (tertiary/aromatic N) is 3. The molecule has 7 nitrogen and oxygen atoms in total. The van der Waals surface area contributed by atoms with Gasteiger partial charge < -0.3 is 0 Å². The van der Waals surface area contributed by atoms with Gasteiger partial charge in [-0.05, 0) is 36.9 Å². The van der Waals surface area contributed by atoms with Crippen molar-refractivity contribution in [3.05, 3.63) is 52.1 Å². The second-order valence-electron chi connectivity index (χ2n) is 6.64. The first kappa shape index (κ1) is 16.7. The molecule has 4 rings (SSSR count). The van der Waals surface area contributed by atoms with E-state index in [-0.39, 0.29) is 16.7 Å². The van der Waals surface area contributed by atoms with E-state index in [2.05, 4.69) is 0 Å². The molecule has 2 heterocycles. The molecule has 2 saturated heterocycles. The van der Waals surface area contributed by atoms with Crippen LogP contribution in [0.15, 0.2) is 36.4 Å². The number of hydrogen-bond acceptors (Lipinski definition) is 4. The van der Waals surface area contributed by atoms with Gasteiger partial charge >= 0.3 is 7.67 Å². The van der Waals surface area contributed by atoms with Gasteiger partial charge in [0.1, 0.15) is 0 Å². The van der Waals surface area contributed by atoms with Crippen LogP contribution < -0.4 is 0 Å². The Bertz CT molecular complexity index is 899. The van der Waals surface area contributed by atoms with Gasteiger partial charge in [-0.25, -0.2) is 9.34 Å². The van der Waals surface area contributed by atoms with E-state index in [1.54, 1.807) is 18.2 Å². The van der Waals surface area contributed by atoms with Crippen molar-refractivity contribution in [2.24, 2.45) is 0 Å². The quantitative estimate of drug-likeness (QED) is 0.336. The monoisotopic (exact) mass is 361 g/mol. The summed E-state index contributed by atoms with van der Waals surface area (Å²) in [5, 5.41) is 12.6. The van der Waals surface area contributed by atoms with Crippen molar-refractivity contribution in [1.29, 1.82) is 0 Å². The van der Waals surface area contributed by atoms with Crippen molar-refractivity contribution in [2.45, 2.75) is 26.0 Å². The zero-order valence-electron chi connectivity index (χ0n) is 14.2. The maximum Gasteiger partial charge on any atom is 0.347 e. The predicted molar refractivity (Wildman–Crippen MR) is 95.4 cm³/mol. The smallest absolute Gasteiger partial charge is 0.298 e. The van der Waals surface area contributed by atoms with Gasteiger partial charge in [-0.1, -0.05) is 18.2 Å². The fourth-order valence-electron chi connectivity index (χ4n) is 3.25. The van der Waals surface area contributed by atoms with E-state index in [4.69, 9.17) is 4.52 Å². The molecule has 0 aliphatic carbocycles. The van der Waals surface area contributed by atoms with Crippen LogP contribution >= 0.6 is 7.67 Å². The molecule has 2 aliphatic heterocycles. The lowest BCUT2D eigenvalue weighted by atomic mass is 10.00. The van der Waals surface area contributed by atoms with E-state index < -0.39 is 13.8 Å². The minimum absolute atomic E-state index is 0.0697. The number of fused-ring (bicyclic) bond motifs is 1. The minimum Gasteiger partial charge on any atom is -0.298 e. The van der Waals surface area contributed by atoms with Gasteiger partial charge in [0.2, 0.25) is 0 Å². The predicted octanol–water partition coefficient (Wildman–Crippen LogP) is 3.95. The first-order valence-corrected chi connectivity index (χ1v) is 9.92. The van der Waals surface area contributed by atoms with Crippen LogP contribution in [0.3, 0.4) is 0 Å². The minimum atomic E-state index is -2.99. The van der Waals surface area contributed by atoms with Crippen molar-refractivity contribution in [2.75, 3.05) is 19.6 Å². The molecule has 0 bridgehead atoms. The van der Waals surface area contributed by atoms with Gasteiger partial charge in [0.15, 0.2) is 0 Å². The summed E-state index contributed by atoms with van der Waals surface area (Å²) in [6, 6.07) is 10.7. The largest absolute Gasteiger partial charge is 0.347 e. The van der Waals surface area contributed by atoms with E-state index in [9.17, 15) is 14.7 Å². The van der Waals surface area contributed by atoms with Gasteiger partial charge in [0.05, 0.1) is 16.4 Å². The highest BCUT2D eigenvalue weighted by Crippen LogP contribution is 2.65. The summed E-state index contributed by atoms with van der Waals surface area (Å²) in [7, 11) is -2.99. The van der Waals surface area contributed by atoms with Crippen LogP contribution in [0.4, 0.5) is 5.69 Å². The van der Waals surface area contributed by atoms with E-state index in [1.807, 2.05) is 35.3 Å². The van der Waals surface area contributed by atoms with Crippen LogP contribution in [0.25, 0.3) is 10.8 Å². The second kappa shape index (κ2) is 5.88. The number of rotatable bonds is 6. The fraction of sp³-hybridized carbons (Fsp3) is 0.412. The molecule has 0 saturated carbocycles. The van der Waals surface area contributed by atoms with Crippen LogP contribution in [0.1, 0.15) is 25.5 Å². The molecule has 0 aromatic heterocycles. The average Bonchev–Trinajstić information content (AvgIpc) is 3.48. The molecule has 0 radical (unpaired) electrons. The lowest BCUT2D eigenvalue weighted by Crippen LogP contribution is -2.12. The molecule has 2 aliphatic rings. The third-order valence-corrected chi connectivity index (χ3v) is 7.71. The highest BCUT2D eigenvalue weighted by Gasteiger charge is 2.54. The molecule has 0 amide bonds. The maximum absolute atomic E-state index is 13.4.